The Morgan fingerprint density at radius 1 is 0.882 bits per heavy atom. The van der Waals surface area contributed by atoms with Crippen LogP contribution in [0.25, 0.3) is 0 Å². The summed E-state index contributed by atoms with van der Waals surface area (Å²) in [5.74, 6) is 2.22. The van der Waals surface area contributed by atoms with Gasteiger partial charge in [0.25, 0.3) is 0 Å². The van der Waals surface area contributed by atoms with E-state index in [4.69, 9.17) is 9.47 Å². The summed E-state index contributed by atoms with van der Waals surface area (Å²) in [6.07, 6.45) is 1.71. The molecule has 0 N–H and O–H groups in total. The number of benzene rings is 2. The van der Waals surface area contributed by atoms with Gasteiger partial charge in [-0.2, -0.15) is 0 Å². The highest BCUT2D eigenvalue weighted by molar-refractivity contribution is 5.42. The van der Waals surface area contributed by atoms with Crippen LogP contribution in [-0.4, -0.2) is 6.61 Å². The van der Waals surface area contributed by atoms with Crippen molar-refractivity contribution in [1.82, 2.24) is 0 Å². The van der Waals surface area contributed by atoms with E-state index in [0.29, 0.717) is 12.4 Å². The molecular weight excluding hydrogens is 212 g/mol. The minimum absolute atomic E-state index is 0.467. The molecule has 0 unspecified atom stereocenters. The molecule has 0 aliphatic rings. The smallest absolute Gasteiger partial charge is 0.169 e. The van der Waals surface area contributed by atoms with Crippen LogP contribution >= 0.6 is 0 Å². The van der Waals surface area contributed by atoms with E-state index in [1.54, 1.807) is 6.08 Å². The quantitative estimate of drug-likeness (QED) is 0.716. The standard InChI is InChI=1S/C15H14O2/c1-2-12-16-14-10-6-7-11-15(14)17-13-8-4-3-5-9-13/h2-11H,1,12H2. The lowest BCUT2D eigenvalue weighted by Gasteiger charge is -2.10. The highest BCUT2D eigenvalue weighted by atomic mass is 16.5. The van der Waals surface area contributed by atoms with Crippen molar-refractivity contribution in [2.75, 3.05) is 6.61 Å². The van der Waals surface area contributed by atoms with Crippen LogP contribution in [0.3, 0.4) is 0 Å². The van der Waals surface area contributed by atoms with E-state index in [0.717, 1.165) is 11.5 Å². The number of para-hydroxylation sites is 3. The van der Waals surface area contributed by atoms with Gasteiger partial charge < -0.3 is 9.47 Å². The summed E-state index contributed by atoms with van der Waals surface area (Å²) in [5.41, 5.74) is 0. The van der Waals surface area contributed by atoms with Crippen molar-refractivity contribution in [3.05, 3.63) is 67.3 Å². The molecule has 86 valence electrons. The molecule has 2 rings (SSSR count). The first-order valence-corrected chi connectivity index (χ1v) is 5.46. The SMILES string of the molecule is C=CCOc1ccccc1Oc1ccccc1. The highest BCUT2D eigenvalue weighted by Crippen LogP contribution is 2.30. The fraction of sp³-hybridized carbons (Fsp3) is 0.0667. The molecule has 0 spiro atoms. The molecule has 0 aliphatic heterocycles. The van der Waals surface area contributed by atoms with Gasteiger partial charge >= 0.3 is 0 Å². The Morgan fingerprint density at radius 2 is 1.53 bits per heavy atom. The summed E-state index contributed by atoms with van der Waals surface area (Å²) in [6.45, 7) is 4.09. The Morgan fingerprint density at radius 3 is 2.24 bits per heavy atom. The van der Waals surface area contributed by atoms with E-state index in [-0.39, 0.29) is 0 Å². The number of rotatable bonds is 5. The third-order valence-electron chi connectivity index (χ3n) is 2.18. The second-order valence-corrected chi connectivity index (χ2v) is 3.46. The van der Waals surface area contributed by atoms with Crippen LogP contribution in [0.15, 0.2) is 67.3 Å². The molecule has 2 nitrogen and oxygen atoms in total. The van der Waals surface area contributed by atoms with Crippen LogP contribution in [0.4, 0.5) is 0 Å². The molecule has 0 bridgehead atoms. The van der Waals surface area contributed by atoms with E-state index in [1.807, 2.05) is 54.6 Å². The maximum atomic E-state index is 5.75. The van der Waals surface area contributed by atoms with Gasteiger partial charge in [-0.05, 0) is 24.3 Å². The average molecular weight is 226 g/mol. The Hall–Kier alpha value is -2.22. The zero-order chi connectivity index (χ0) is 11.9. The van der Waals surface area contributed by atoms with Crippen molar-refractivity contribution >= 4 is 0 Å². The van der Waals surface area contributed by atoms with E-state index in [1.165, 1.54) is 0 Å². The lowest BCUT2D eigenvalue weighted by molar-refractivity contribution is 0.340. The summed E-state index contributed by atoms with van der Waals surface area (Å²) < 4.78 is 11.3. The Balaban J connectivity index is 2.17. The monoisotopic (exact) mass is 226 g/mol. The molecule has 0 aliphatic carbocycles. The number of hydrogen-bond donors (Lipinski definition) is 0. The molecule has 0 atom stereocenters. The lowest BCUT2D eigenvalue weighted by Crippen LogP contribution is -1.95. The van der Waals surface area contributed by atoms with Crippen LogP contribution in [0, 0.1) is 0 Å². The summed E-state index contributed by atoms with van der Waals surface area (Å²) in [7, 11) is 0. The van der Waals surface area contributed by atoms with Crippen molar-refractivity contribution in [3.8, 4) is 17.2 Å². The molecule has 0 saturated carbocycles. The van der Waals surface area contributed by atoms with Gasteiger partial charge in [0, 0.05) is 0 Å². The van der Waals surface area contributed by atoms with E-state index < -0.39 is 0 Å². The Kier molecular flexibility index (Phi) is 3.81. The van der Waals surface area contributed by atoms with E-state index >= 15 is 0 Å². The molecule has 0 radical (unpaired) electrons. The maximum absolute atomic E-state index is 5.75. The third kappa shape index (κ3) is 3.11. The van der Waals surface area contributed by atoms with Gasteiger partial charge in [-0.3, -0.25) is 0 Å². The van der Waals surface area contributed by atoms with Gasteiger partial charge in [0.15, 0.2) is 11.5 Å². The lowest BCUT2D eigenvalue weighted by atomic mass is 10.3. The zero-order valence-electron chi connectivity index (χ0n) is 9.50. The molecule has 2 heteroatoms. The molecule has 0 saturated heterocycles. The summed E-state index contributed by atoms with van der Waals surface area (Å²) >= 11 is 0. The van der Waals surface area contributed by atoms with Gasteiger partial charge in [0.05, 0.1) is 0 Å². The van der Waals surface area contributed by atoms with Crippen LogP contribution in [-0.2, 0) is 0 Å². The fourth-order valence-electron chi connectivity index (χ4n) is 1.42. The van der Waals surface area contributed by atoms with Crippen molar-refractivity contribution in [2.45, 2.75) is 0 Å². The zero-order valence-corrected chi connectivity index (χ0v) is 9.50. The van der Waals surface area contributed by atoms with Crippen LogP contribution < -0.4 is 9.47 Å². The normalized spacial score (nSPS) is 9.65. The first-order chi connectivity index (χ1) is 8.40. The number of hydrogen-bond acceptors (Lipinski definition) is 2. The van der Waals surface area contributed by atoms with Crippen LogP contribution in [0.1, 0.15) is 0 Å². The Labute approximate surface area is 101 Å². The summed E-state index contributed by atoms with van der Waals surface area (Å²) in [4.78, 5) is 0. The molecule has 0 amide bonds. The topological polar surface area (TPSA) is 18.5 Å². The first kappa shape index (κ1) is 11.3. The van der Waals surface area contributed by atoms with E-state index in [2.05, 4.69) is 6.58 Å². The van der Waals surface area contributed by atoms with Crippen molar-refractivity contribution < 1.29 is 9.47 Å². The molecule has 0 heterocycles. The Bertz CT molecular complexity index is 477. The van der Waals surface area contributed by atoms with Gasteiger partial charge in [0.1, 0.15) is 12.4 Å². The maximum Gasteiger partial charge on any atom is 0.169 e. The van der Waals surface area contributed by atoms with Gasteiger partial charge in [-0.1, -0.05) is 43.0 Å². The first-order valence-electron chi connectivity index (χ1n) is 5.46. The molecule has 0 fully saturated rings. The molecule has 17 heavy (non-hydrogen) atoms. The minimum Gasteiger partial charge on any atom is -0.486 e. The molecular formula is C15H14O2. The molecule has 2 aromatic carbocycles. The second-order valence-electron chi connectivity index (χ2n) is 3.46. The average Bonchev–Trinajstić information content (AvgIpc) is 2.39. The highest BCUT2D eigenvalue weighted by Gasteiger charge is 2.04. The van der Waals surface area contributed by atoms with Crippen LogP contribution in [0.5, 0.6) is 17.2 Å². The fourth-order valence-corrected chi connectivity index (χ4v) is 1.42. The van der Waals surface area contributed by atoms with Crippen molar-refractivity contribution in [2.24, 2.45) is 0 Å². The van der Waals surface area contributed by atoms with Crippen LogP contribution in [0.2, 0.25) is 0 Å². The van der Waals surface area contributed by atoms with Gasteiger partial charge in [-0.25, -0.2) is 0 Å². The molecule has 2 aromatic rings. The minimum atomic E-state index is 0.467. The van der Waals surface area contributed by atoms with Gasteiger partial charge in [0.2, 0.25) is 0 Å². The predicted octanol–water partition coefficient (Wildman–Crippen LogP) is 4.04. The van der Waals surface area contributed by atoms with E-state index in [9.17, 15) is 0 Å². The number of ether oxygens (including phenoxy) is 2. The second kappa shape index (κ2) is 5.75. The summed E-state index contributed by atoms with van der Waals surface area (Å²) in [5, 5.41) is 0. The van der Waals surface area contributed by atoms with Gasteiger partial charge in [-0.15, -0.1) is 0 Å². The van der Waals surface area contributed by atoms with Crippen molar-refractivity contribution in [3.63, 3.8) is 0 Å². The van der Waals surface area contributed by atoms with Crippen molar-refractivity contribution in [1.29, 1.82) is 0 Å². The predicted molar refractivity (Wildman–Crippen MR) is 68.7 cm³/mol. The third-order valence-corrected chi connectivity index (χ3v) is 2.18. The largest absolute Gasteiger partial charge is 0.486 e. The molecule has 0 aromatic heterocycles. The summed E-state index contributed by atoms with van der Waals surface area (Å²) in [6, 6.07) is 17.2.